The van der Waals surface area contributed by atoms with Gasteiger partial charge >= 0.3 is 6.16 Å². The van der Waals surface area contributed by atoms with Gasteiger partial charge in [-0.25, -0.2) is 4.79 Å². The minimum atomic E-state index is -0.604. The second-order valence-electron chi connectivity index (χ2n) is 3.73. The molecule has 1 N–H and O–H groups in total. The van der Waals surface area contributed by atoms with Gasteiger partial charge in [-0.05, 0) is 6.42 Å². The molecule has 1 unspecified atom stereocenters. The van der Waals surface area contributed by atoms with Crippen molar-refractivity contribution in [3.63, 3.8) is 0 Å². The largest absolute Gasteiger partial charge is 0.508 e. The SMILES string of the molecule is CCC(CO)COCC1COC(=O)OC1. The minimum Gasteiger partial charge on any atom is -0.434 e. The molecule has 0 bridgehead atoms. The first-order valence-corrected chi connectivity index (χ1v) is 5.24. The van der Waals surface area contributed by atoms with Gasteiger partial charge in [-0.15, -0.1) is 0 Å². The van der Waals surface area contributed by atoms with Crippen LogP contribution in [0.5, 0.6) is 0 Å². The van der Waals surface area contributed by atoms with Crippen LogP contribution in [-0.4, -0.2) is 44.3 Å². The first-order valence-electron chi connectivity index (χ1n) is 5.24. The van der Waals surface area contributed by atoms with Gasteiger partial charge in [-0.2, -0.15) is 0 Å². The van der Waals surface area contributed by atoms with Crippen LogP contribution in [0.4, 0.5) is 4.79 Å². The molecule has 0 aromatic heterocycles. The van der Waals surface area contributed by atoms with Crippen molar-refractivity contribution in [1.82, 2.24) is 0 Å². The molecule has 1 atom stereocenters. The van der Waals surface area contributed by atoms with Crippen LogP contribution in [0.15, 0.2) is 0 Å². The Hall–Kier alpha value is -0.810. The fourth-order valence-corrected chi connectivity index (χ4v) is 1.26. The fourth-order valence-electron chi connectivity index (χ4n) is 1.26. The van der Waals surface area contributed by atoms with E-state index in [0.29, 0.717) is 26.4 Å². The van der Waals surface area contributed by atoms with Gasteiger partial charge in [0.25, 0.3) is 0 Å². The number of rotatable bonds is 6. The van der Waals surface area contributed by atoms with Crippen molar-refractivity contribution in [2.24, 2.45) is 11.8 Å². The Balaban J connectivity index is 2.07. The number of carbonyl (C=O) groups excluding carboxylic acids is 1. The monoisotopic (exact) mass is 218 g/mol. The Kier molecular flexibility index (Phi) is 5.42. The van der Waals surface area contributed by atoms with Crippen molar-refractivity contribution in [3.05, 3.63) is 0 Å². The van der Waals surface area contributed by atoms with Crippen LogP contribution in [0.1, 0.15) is 13.3 Å². The van der Waals surface area contributed by atoms with Crippen molar-refractivity contribution < 1.29 is 24.1 Å². The van der Waals surface area contributed by atoms with Crippen LogP contribution < -0.4 is 0 Å². The molecule has 15 heavy (non-hydrogen) atoms. The highest BCUT2D eigenvalue weighted by Crippen LogP contribution is 2.09. The smallest absolute Gasteiger partial charge is 0.434 e. The third kappa shape index (κ3) is 4.48. The van der Waals surface area contributed by atoms with Gasteiger partial charge in [0.15, 0.2) is 0 Å². The molecule has 0 aromatic rings. The third-order valence-corrected chi connectivity index (χ3v) is 2.42. The topological polar surface area (TPSA) is 65.0 Å². The van der Waals surface area contributed by atoms with E-state index in [-0.39, 0.29) is 18.4 Å². The van der Waals surface area contributed by atoms with Gasteiger partial charge in [-0.3, -0.25) is 0 Å². The van der Waals surface area contributed by atoms with E-state index in [9.17, 15) is 4.79 Å². The lowest BCUT2D eigenvalue weighted by Crippen LogP contribution is -2.31. The van der Waals surface area contributed by atoms with Gasteiger partial charge in [0.2, 0.25) is 0 Å². The van der Waals surface area contributed by atoms with E-state index in [1.165, 1.54) is 0 Å². The maximum Gasteiger partial charge on any atom is 0.508 e. The van der Waals surface area contributed by atoms with Gasteiger partial charge in [0.05, 0.1) is 19.1 Å². The molecule has 1 aliphatic rings. The second kappa shape index (κ2) is 6.63. The van der Waals surface area contributed by atoms with Gasteiger partial charge in [0.1, 0.15) is 13.2 Å². The van der Waals surface area contributed by atoms with Crippen LogP contribution in [0.25, 0.3) is 0 Å². The van der Waals surface area contributed by atoms with E-state index >= 15 is 0 Å². The number of aliphatic hydroxyl groups excluding tert-OH is 1. The predicted molar refractivity (Wildman–Crippen MR) is 52.5 cm³/mol. The first kappa shape index (κ1) is 12.3. The summed E-state index contributed by atoms with van der Waals surface area (Å²) in [6.45, 7) is 3.91. The summed E-state index contributed by atoms with van der Waals surface area (Å²) in [6, 6.07) is 0. The molecular weight excluding hydrogens is 200 g/mol. The van der Waals surface area contributed by atoms with E-state index in [0.717, 1.165) is 6.42 Å². The lowest BCUT2D eigenvalue weighted by molar-refractivity contribution is -0.0447. The molecule has 0 aliphatic carbocycles. The summed E-state index contributed by atoms with van der Waals surface area (Å²) in [5.41, 5.74) is 0. The number of ether oxygens (including phenoxy) is 3. The summed E-state index contributed by atoms with van der Waals surface area (Å²) >= 11 is 0. The highest BCUT2D eigenvalue weighted by molar-refractivity contribution is 5.60. The molecule has 1 rings (SSSR count). The van der Waals surface area contributed by atoms with E-state index in [1.54, 1.807) is 0 Å². The summed E-state index contributed by atoms with van der Waals surface area (Å²) in [5.74, 6) is 0.302. The zero-order chi connectivity index (χ0) is 11.1. The number of cyclic esters (lactones) is 2. The number of carbonyl (C=O) groups is 1. The molecule has 5 heteroatoms. The molecule has 1 saturated heterocycles. The number of hydrogen-bond donors (Lipinski definition) is 1. The zero-order valence-electron chi connectivity index (χ0n) is 8.98. The quantitative estimate of drug-likeness (QED) is 0.668. The Labute approximate surface area is 89.3 Å². The molecule has 88 valence electrons. The Morgan fingerprint density at radius 1 is 1.53 bits per heavy atom. The Bertz CT molecular complexity index is 180. The maximum absolute atomic E-state index is 10.6. The third-order valence-electron chi connectivity index (χ3n) is 2.42. The van der Waals surface area contributed by atoms with Crippen LogP contribution in [-0.2, 0) is 14.2 Å². The molecule has 0 spiro atoms. The van der Waals surface area contributed by atoms with Gasteiger partial charge < -0.3 is 19.3 Å². The zero-order valence-corrected chi connectivity index (χ0v) is 8.98. The number of hydrogen-bond acceptors (Lipinski definition) is 5. The van der Waals surface area contributed by atoms with Crippen molar-refractivity contribution in [2.45, 2.75) is 13.3 Å². The van der Waals surface area contributed by atoms with Crippen LogP contribution >= 0.6 is 0 Å². The van der Waals surface area contributed by atoms with E-state index in [2.05, 4.69) is 0 Å². The molecule has 1 aliphatic heterocycles. The predicted octanol–water partition coefficient (Wildman–Crippen LogP) is 0.804. The molecular formula is C10H18O5. The average molecular weight is 218 g/mol. The van der Waals surface area contributed by atoms with Crippen molar-refractivity contribution >= 4 is 6.16 Å². The highest BCUT2D eigenvalue weighted by atomic mass is 16.7. The van der Waals surface area contributed by atoms with Crippen LogP contribution in [0.3, 0.4) is 0 Å². The summed E-state index contributed by atoms with van der Waals surface area (Å²) < 4.78 is 14.8. The van der Waals surface area contributed by atoms with Gasteiger partial charge in [0, 0.05) is 12.5 Å². The standard InChI is InChI=1S/C10H18O5/c1-2-8(3-11)4-13-5-9-6-14-10(12)15-7-9/h8-9,11H,2-7H2,1H3. The summed E-state index contributed by atoms with van der Waals surface area (Å²) in [7, 11) is 0. The van der Waals surface area contributed by atoms with Crippen LogP contribution in [0, 0.1) is 11.8 Å². The molecule has 0 saturated carbocycles. The summed E-state index contributed by atoms with van der Waals surface area (Å²) in [4.78, 5) is 10.6. The minimum absolute atomic E-state index is 0.110. The average Bonchev–Trinajstić information content (AvgIpc) is 2.27. The van der Waals surface area contributed by atoms with Crippen molar-refractivity contribution in [1.29, 1.82) is 0 Å². The van der Waals surface area contributed by atoms with Crippen LogP contribution in [0.2, 0.25) is 0 Å². The van der Waals surface area contributed by atoms with Gasteiger partial charge in [-0.1, -0.05) is 6.92 Å². The van der Waals surface area contributed by atoms with Crippen molar-refractivity contribution in [2.75, 3.05) is 33.0 Å². The van der Waals surface area contributed by atoms with E-state index in [4.69, 9.17) is 19.3 Å². The molecule has 0 aromatic carbocycles. The lowest BCUT2D eigenvalue weighted by Gasteiger charge is -2.22. The normalized spacial score (nSPS) is 19.5. The Morgan fingerprint density at radius 2 is 2.20 bits per heavy atom. The summed E-state index contributed by atoms with van der Waals surface area (Å²) in [5, 5.41) is 8.92. The highest BCUT2D eigenvalue weighted by Gasteiger charge is 2.21. The molecule has 5 nitrogen and oxygen atoms in total. The van der Waals surface area contributed by atoms with Crippen molar-refractivity contribution in [3.8, 4) is 0 Å². The molecule has 0 radical (unpaired) electrons. The summed E-state index contributed by atoms with van der Waals surface area (Å²) in [6.07, 6.45) is 0.292. The molecule has 1 heterocycles. The van der Waals surface area contributed by atoms with E-state index < -0.39 is 6.16 Å². The maximum atomic E-state index is 10.6. The Morgan fingerprint density at radius 3 is 2.73 bits per heavy atom. The molecule has 1 fully saturated rings. The number of aliphatic hydroxyl groups is 1. The molecule has 0 amide bonds. The van der Waals surface area contributed by atoms with E-state index in [1.807, 2.05) is 6.92 Å². The first-order chi connectivity index (χ1) is 7.26. The lowest BCUT2D eigenvalue weighted by atomic mass is 10.1. The second-order valence-corrected chi connectivity index (χ2v) is 3.73. The fraction of sp³-hybridized carbons (Fsp3) is 0.900.